The van der Waals surface area contributed by atoms with E-state index in [9.17, 15) is 14.0 Å². The van der Waals surface area contributed by atoms with Gasteiger partial charge in [0.05, 0.1) is 18.2 Å². The summed E-state index contributed by atoms with van der Waals surface area (Å²) >= 11 is 0. The molecule has 0 saturated carbocycles. The summed E-state index contributed by atoms with van der Waals surface area (Å²) in [6.07, 6.45) is -0.295. The normalized spacial score (nSPS) is 12.0. The molecule has 0 aliphatic heterocycles. The highest BCUT2D eigenvalue weighted by Crippen LogP contribution is 2.18. The number of nitrogens with one attached hydrogen (secondary N) is 1. The predicted octanol–water partition coefficient (Wildman–Crippen LogP) is 2.30. The van der Waals surface area contributed by atoms with Gasteiger partial charge in [-0.15, -0.1) is 0 Å². The van der Waals surface area contributed by atoms with Crippen LogP contribution >= 0.6 is 0 Å². The number of carbonyl (C=O) groups excluding carboxylic acids is 1. The van der Waals surface area contributed by atoms with E-state index in [4.69, 9.17) is 5.11 Å². The zero-order valence-electron chi connectivity index (χ0n) is 12.9. The van der Waals surface area contributed by atoms with E-state index < -0.39 is 23.7 Å². The molecule has 0 radical (unpaired) electrons. The lowest BCUT2D eigenvalue weighted by molar-refractivity contribution is -0.137. The van der Waals surface area contributed by atoms with Crippen LogP contribution in [0.2, 0.25) is 0 Å². The van der Waals surface area contributed by atoms with Gasteiger partial charge in [-0.1, -0.05) is 12.1 Å². The van der Waals surface area contributed by atoms with Crippen LogP contribution in [0, 0.1) is 12.7 Å². The van der Waals surface area contributed by atoms with Crippen LogP contribution in [0.5, 0.6) is 0 Å². The number of nitrogens with zero attached hydrogens (tertiary/aromatic N) is 2. The van der Waals surface area contributed by atoms with E-state index in [2.05, 4.69) is 10.4 Å². The van der Waals surface area contributed by atoms with Crippen LogP contribution < -0.4 is 5.32 Å². The molecule has 1 aromatic carbocycles. The van der Waals surface area contributed by atoms with Gasteiger partial charge in [0.1, 0.15) is 11.5 Å². The van der Waals surface area contributed by atoms with Crippen molar-refractivity contribution in [1.29, 1.82) is 0 Å². The zero-order valence-corrected chi connectivity index (χ0v) is 12.9. The molecule has 1 atom stereocenters. The fraction of sp³-hybridized carbons (Fsp3) is 0.312. The van der Waals surface area contributed by atoms with Crippen LogP contribution in [0.1, 0.15) is 41.1 Å². The molecule has 6 nitrogen and oxygen atoms in total. The van der Waals surface area contributed by atoms with Gasteiger partial charge in [0.2, 0.25) is 0 Å². The van der Waals surface area contributed by atoms with E-state index in [1.165, 1.54) is 24.3 Å². The fourth-order valence-electron chi connectivity index (χ4n) is 2.32. The lowest BCUT2D eigenvalue weighted by atomic mass is 10.0. The second-order valence-electron chi connectivity index (χ2n) is 5.16. The first kappa shape index (κ1) is 16.7. The molecule has 0 spiro atoms. The van der Waals surface area contributed by atoms with Crippen molar-refractivity contribution in [2.45, 2.75) is 32.9 Å². The molecule has 0 aliphatic carbocycles. The van der Waals surface area contributed by atoms with E-state index in [0.29, 0.717) is 23.5 Å². The minimum atomic E-state index is -1.06. The number of hydrogen-bond donors (Lipinski definition) is 2. The van der Waals surface area contributed by atoms with Crippen LogP contribution in [0.4, 0.5) is 4.39 Å². The Kier molecular flexibility index (Phi) is 5.10. The van der Waals surface area contributed by atoms with Crippen molar-refractivity contribution in [3.8, 4) is 0 Å². The average Bonchev–Trinajstić information content (AvgIpc) is 2.88. The van der Waals surface area contributed by atoms with Gasteiger partial charge in [0.15, 0.2) is 0 Å². The Morgan fingerprint density at radius 1 is 1.35 bits per heavy atom. The van der Waals surface area contributed by atoms with E-state index in [1.54, 1.807) is 17.7 Å². The van der Waals surface area contributed by atoms with E-state index in [-0.39, 0.29) is 6.42 Å². The summed E-state index contributed by atoms with van der Waals surface area (Å²) in [5, 5.41) is 15.9. The molecule has 0 unspecified atom stereocenters. The lowest BCUT2D eigenvalue weighted by Crippen LogP contribution is -2.31. The summed E-state index contributed by atoms with van der Waals surface area (Å²) in [6, 6.07) is 6.28. The monoisotopic (exact) mass is 319 g/mol. The van der Waals surface area contributed by atoms with Crippen molar-refractivity contribution in [3.63, 3.8) is 0 Å². The fourth-order valence-corrected chi connectivity index (χ4v) is 2.32. The number of hydrogen-bond acceptors (Lipinski definition) is 3. The summed E-state index contributed by atoms with van der Waals surface area (Å²) in [6.45, 7) is 4.16. The zero-order chi connectivity index (χ0) is 17.0. The Bertz CT molecular complexity index is 710. The minimum Gasteiger partial charge on any atom is -0.481 e. The van der Waals surface area contributed by atoms with Gasteiger partial charge >= 0.3 is 5.97 Å². The molecule has 2 rings (SSSR count). The minimum absolute atomic E-state index is 0.295. The lowest BCUT2D eigenvalue weighted by Gasteiger charge is -2.17. The number of halogens is 1. The molecular formula is C16H18FN3O3. The largest absolute Gasteiger partial charge is 0.481 e. The van der Waals surface area contributed by atoms with Crippen molar-refractivity contribution in [3.05, 3.63) is 53.1 Å². The summed E-state index contributed by atoms with van der Waals surface area (Å²) in [5.74, 6) is -1.89. The van der Waals surface area contributed by atoms with Crippen LogP contribution in [-0.2, 0) is 11.3 Å². The topological polar surface area (TPSA) is 84.2 Å². The SMILES string of the molecule is CCn1nc(C)cc1C(=O)N[C@@H](CC(=O)O)c1ccc(F)cc1. The average molecular weight is 319 g/mol. The molecule has 0 bridgehead atoms. The van der Waals surface area contributed by atoms with Crippen molar-refractivity contribution >= 4 is 11.9 Å². The molecule has 2 N–H and O–H groups in total. The Morgan fingerprint density at radius 3 is 2.57 bits per heavy atom. The highest BCUT2D eigenvalue weighted by molar-refractivity contribution is 5.93. The molecule has 2 aromatic rings. The van der Waals surface area contributed by atoms with Crippen LogP contribution in [0.3, 0.4) is 0 Å². The highest BCUT2D eigenvalue weighted by Gasteiger charge is 2.21. The summed E-state index contributed by atoms with van der Waals surface area (Å²) in [7, 11) is 0. The number of carbonyl (C=O) groups is 2. The first-order chi connectivity index (χ1) is 10.9. The maximum Gasteiger partial charge on any atom is 0.305 e. The number of carboxylic acids is 1. The standard InChI is InChI=1S/C16H18FN3O3/c1-3-20-14(8-10(2)19-20)16(23)18-13(9-15(21)22)11-4-6-12(17)7-5-11/h4-8,13H,3,9H2,1-2H3,(H,18,23)(H,21,22)/t13-/m0/s1. The summed E-state index contributed by atoms with van der Waals surface area (Å²) in [4.78, 5) is 23.5. The summed E-state index contributed by atoms with van der Waals surface area (Å²) in [5.41, 5.74) is 1.59. The molecule has 0 saturated heterocycles. The number of aliphatic carboxylic acids is 1. The number of aryl methyl sites for hydroxylation is 2. The van der Waals surface area contributed by atoms with E-state index in [0.717, 1.165) is 0 Å². The van der Waals surface area contributed by atoms with E-state index >= 15 is 0 Å². The number of benzene rings is 1. The van der Waals surface area contributed by atoms with Crippen molar-refractivity contribution in [1.82, 2.24) is 15.1 Å². The van der Waals surface area contributed by atoms with Crippen molar-refractivity contribution < 1.29 is 19.1 Å². The number of carboxylic acid groups (broad SMARTS) is 1. The van der Waals surface area contributed by atoms with Crippen molar-refractivity contribution in [2.75, 3.05) is 0 Å². The first-order valence-corrected chi connectivity index (χ1v) is 7.23. The Balaban J connectivity index is 2.24. The third-order valence-electron chi connectivity index (χ3n) is 3.39. The number of amides is 1. The van der Waals surface area contributed by atoms with Crippen LogP contribution in [-0.4, -0.2) is 26.8 Å². The van der Waals surface area contributed by atoms with E-state index in [1.807, 2.05) is 6.92 Å². The van der Waals surface area contributed by atoms with Gasteiger partial charge in [-0.25, -0.2) is 4.39 Å². The summed E-state index contributed by atoms with van der Waals surface area (Å²) < 4.78 is 14.6. The van der Waals surface area contributed by atoms with Gasteiger partial charge in [-0.3, -0.25) is 14.3 Å². The Morgan fingerprint density at radius 2 is 2.00 bits per heavy atom. The van der Waals surface area contributed by atoms with Gasteiger partial charge in [-0.2, -0.15) is 5.10 Å². The van der Waals surface area contributed by atoms with Gasteiger partial charge in [-0.05, 0) is 37.6 Å². The first-order valence-electron chi connectivity index (χ1n) is 7.23. The molecule has 7 heteroatoms. The van der Waals surface area contributed by atoms with Crippen LogP contribution in [0.15, 0.2) is 30.3 Å². The van der Waals surface area contributed by atoms with Gasteiger partial charge in [0, 0.05) is 6.54 Å². The maximum absolute atomic E-state index is 13.0. The highest BCUT2D eigenvalue weighted by atomic mass is 19.1. The number of aromatic nitrogens is 2. The molecule has 23 heavy (non-hydrogen) atoms. The predicted molar refractivity (Wildman–Crippen MR) is 81.5 cm³/mol. The second-order valence-corrected chi connectivity index (χ2v) is 5.16. The molecule has 0 aliphatic rings. The van der Waals surface area contributed by atoms with Crippen LogP contribution in [0.25, 0.3) is 0 Å². The third kappa shape index (κ3) is 4.15. The third-order valence-corrected chi connectivity index (χ3v) is 3.39. The second kappa shape index (κ2) is 7.04. The molecule has 1 aromatic heterocycles. The molecule has 1 heterocycles. The molecule has 1 amide bonds. The molecule has 122 valence electrons. The number of rotatable bonds is 6. The van der Waals surface area contributed by atoms with Gasteiger partial charge in [0.25, 0.3) is 5.91 Å². The quantitative estimate of drug-likeness (QED) is 0.855. The molecular weight excluding hydrogens is 301 g/mol. The van der Waals surface area contributed by atoms with Gasteiger partial charge < -0.3 is 10.4 Å². The smallest absolute Gasteiger partial charge is 0.305 e. The Hall–Kier alpha value is -2.70. The molecule has 0 fully saturated rings. The van der Waals surface area contributed by atoms with Crippen molar-refractivity contribution in [2.24, 2.45) is 0 Å². The maximum atomic E-state index is 13.0. The Labute approximate surface area is 132 Å².